The van der Waals surface area contributed by atoms with Gasteiger partial charge in [-0.15, -0.1) is 6.58 Å². The van der Waals surface area contributed by atoms with Crippen molar-refractivity contribution in [2.45, 2.75) is 116 Å². The lowest BCUT2D eigenvalue weighted by molar-refractivity contribution is 0.0400. The summed E-state index contributed by atoms with van der Waals surface area (Å²) in [7, 11) is 0.821. The molecule has 0 aliphatic rings. The monoisotopic (exact) mass is 370 g/mol. The van der Waals surface area contributed by atoms with E-state index in [0.29, 0.717) is 6.10 Å². The lowest BCUT2D eigenvalue weighted by Gasteiger charge is -2.12. The summed E-state index contributed by atoms with van der Waals surface area (Å²) < 4.78 is 10.8. The third kappa shape index (κ3) is 21.8. The van der Waals surface area contributed by atoms with Gasteiger partial charge in [0.05, 0.1) is 19.3 Å². The lowest BCUT2D eigenvalue weighted by atomic mass is 10.0. The van der Waals surface area contributed by atoms with Crippen LogP contribution in [-0.4, -0.2) is 29.8 Å². The van der Waals surface area contributed by atoms with Gasteiger partial charge in [-0.05, 0) is 26.2 Å². The second kappa shape index (κ2) is 21.9. The van der Waals surface area contributed by atoms with E-state index in [1.807, 2.05) is 6.08 Å². The molecule has 0 saturated heterocycles. The molecule has 150 valence electrons. The SMILES string of the molecule is C=CCCCCCCCCCCCCCCCCC(C)OCCO[SiH3]. The summed E-state index contributed by atoms with van der Waals surface area (Å²) >= 11 is 0. The van der Waals surface area contributed by atoms with Crippen molar-refractivity contribution in [1.82, 2.24) is 0 Å². The molecule has 2 nitrogen and oxygen atoms in total. The normalized spacial score (nSPS) is 12.5. The number of hydrogen-bond acceptors (Lipinski definition) is 2. The fourth-order valence-corrected chi connectivity index (χ4v) is 3.42. The summed E-state index contributed by atoms with van der Waals surface area (Å²) in [4.78, 5) is 0. The molecule has 0 bridgehead atoms. The van der Waals surface area contributed by atoms with Crippen molar-refractivity contribution in [3.63, 3.8) is 0 Å². The van der Waals surface area contributed by atoms with Crippen molar-refractivity contribution in [3.05, 3.63) is 12.7 Å². The van der Waals surface area contributed by atoms with E-state index < -0.39 is 0 Å². The molecule has 0 aromatic heterocycles. The van der Waals surface area contributed by atoms with Crippen molar-refractivity contribution in [3.8, 4) is 0 Å². The van der Waals surface area contributed by atoms with Crippen molar-refractivity contribution in [1.29, 1.82) is 0 Å². The standard InChI is InChI=1S/C22H46O2Si/c1-3-4-5-6-7-8-9-10-11-12-13-14-15-16-17-18-19-22(2)23-20-21-24-25/h3,22H,1,4-21H2,2,25H3. The molecule has 3 heteroatoms. The maximum Gasteiger partial charge on any atom is 0.146 e. The summed E-state index contributed by atoms with van der Waals surface area (Å²) in [5, 5.41) is 0. The van der Waals surface area contributed by atoms with E-state index in [9.17, 15) is 0 Å². The van der Waals surface area contributed by atoms with Crippen molar-refractivity contribution in [2.24, 2.45) is 0 Å². The van der Waals surface area contributed by atoms with E-state index in [2.05, 4.69) is 13.5 Å². The summed E-state index contributed by atoms with van der Waals surface area (Å²) in [6.45, 7) is 7.50. The molecule has 1 unspecified atom stereocenters. The topological polar surface area (TPSA) is 18.5 Å². The largest absolute Gasteiger partial charge is 0.426 e. The summed E-state index contributed by atoms with van der Waals surface area (Å²) in [6.07, 6.45) is 24.6. The lowest BCUT2D eigenvalue weighted by Crippen LogP contribution is -2.12. The molecule has 25 heavy (non-hydrogen) atoms. The van der Waals surface area contributed by atoms with E-state index in [0.717, 1.165) is 23.7 Å². The molecule has 0 saturated carbocycles. The fraction of sp³-hybridized carbons (Fsp3) is 0.909. The summed E-state index contributed by atoms with van der Waals surface area (Å²) in [6, 6.07) is 0. The van der Waals surface area contributed by atoms with Crippen molar-refractivity contribution < 1.29 is 9.16 Å². The Morgan fingerprint density at radius 1 is 0.720 bits per heavy atom. The van der Waals surface area contributed by atoms with Crippen LogP contribution in [0.5, 0.6) is 0 Å². The van der Waals surface area contributed by atoms with E-state index >= 15 is 0 Å². The van der Waals surface area contributed by atoms with Gasteiger partial charge in [-0.1, -0.05) is 89.5 Å². The predicted octanol–water partition coefficient (Wildman–Crippen LogP) is 6.12. The Kier molecular flexibility index (Phi) is 21.8. The van der Waals surface area contributed by atoms with Gasteiger partial charge in [-0.2, -0.15) is 0 Å². The third-order valence-electron chi connectivity index (χ3n) is 4.96. The highest BCUT2D eigenvalue weighted by molar-refractivity contribution is 5.97. The van der Waals surface area contributed by atoms with Crippen molar-refractivity contribution >= 4 is 10.5 Å². The van der Waals surface area contributed by atoms with Gasteiger partial charge in [0.15, 0.2) is 0 Å². The molecule has 0 radical (unpaired) electrons. The first-order valence-electron chi connectivity index (χ1n) is 11.0. The fourth-order valence-electron chi connectivity index (χ4n) is 3.26. The van der Waals surface area contributed by atoms with Gasteiger partial charge in [-0.3, -0.25) is 0 Å². The highest BCUT2D eigenvalue weighted by Gasteiger charge is 2.01. The van der Waals surface area contributed by atoms with Gasteiger partial charge >= 0.3 is 0 Å². The van der Waals surface area contributed by atoms with E-state index in [1.54, 1.807) is 0 Å². The van der Waals surface area contributed by atoms with Crippen LogP contribution in [0.1, 0.15) is 110 Å². The Balaban J connectivity index is 3.06. The molecular formula is C22H46O2Si. The van der Waals surface area contributed by atoms with Crippen LogP contribution in [0.3, 0.4) is 0 Å². The summed E-state index contributed by atoms with van der Waals surface area (Å²) in [5.41, 5.74) is 0. The molecular weight excluding hydrogens is 324 g/mol. The van der Waals surface area contributed by atoms with Crippen LogP contribution in [0.4, 0.5) is 0 Å². The first-order chi connectivity index (χ1) is 12.3. The van der Waals surface area contributed by atoms with Gasteiger partial charge in [0, 0.05) is 0 Å². The Hall–Kier alpha value is -0.123. The van der Waals surface area contributed by atoms with Crippen LogP contribution in [0.2, 0.25) is 0 Å². The number of rotatable bonds is 21. The zero-order valence-corrected chi connectivity index (χ0v) is 19.4. The van der Waals surface area contributed by atoms with E-state index in [-0.39, 0.29) is 0 Å². The van der Waals surface area contributed by atoms with Gasteiger partial charge in [0.25, 0.3) is 0 Å². The maximum atomic E-state index is 5.70. The molecule has 0 heterocycles. The minimum atomic E-state index is 0.402. The zero-order chi connectivity index (χ0) is 18.4. The molecule has 0 spiro atoms. The molecule has 0 N–H and O–H groups in total. The zero-order valence-electron chi connectivity index (χ0n) is 17.4. The first-order valence-corrected chi connectivity index (χ1v) is 11.8. The van der Waals surface area contributed by atoms with E-state index in [1.165, 1.54) is 103 Å². The molecule has 0 aliphatic carbocycles. The van der Waals surface area contributed by atoms with Crippen LogP contribution in [0.25, 0.3) is 0 Å². The number of unbranched alkanes of at least 4 members (excludes halogenated alkanes) is 14. The molecule has 0 aromatic carbocycles. The highest BCUT2D eigenvalue weighted by atomic mass is 28.2. The highest BCUT2D eigenvalue weighted by Crippen LogP contribution is 2.14. The van der Waals surface area contributed by atoms with Crippen LogP contribution in [0, 0.1) is 0 Å². The smallest absolute Gasteiger partial charge is 0.146 e. The Labute approximate surface area is 161 Å². The molecule has 0 aliphatic heterocycles. The van der Waals surface area contributed by atoms with Crippen LogP contribution >= 0.6 is 0 Å². The van der Waals surface area contributed by atoms with Gasteiger partial charge in [-0.25, -0.2) is 0 Å². The second-order valence-electron chi connectivity index (χ2n) is 7.49. The number of allylic oxidation sites excluding steroid dienone is 1. The Morgan fingerprint density at radius 3 is 1.60 bits per heavy atom. The van der Waals surface area contributed by atoms with Crippen LogP contribution < -0.4 is 0 Å². The molecule has 0 fully saturated rings. The Morgan fingerprint density at radius 2 is 1.16 bits per heavy atom. The maximum absolute atomic E-state index is 5.70. The molecule has 0 aromatic rings. The minimum Gasteiger partial charge on any atom is -0.426 e. The molecule has 1 atom stereocenters. The second-order valence-corrected chi connectivity index (χ2v) is 8.07. The Bertz CT molecular complexity index is 258. The van der Waals surface area contributed by atoms with Gasteiger partial charge in [0.1, 0.15) is 10.5 Å². The van der Waals surface area contributed by atoms with Crippen molar-refractivity contribution in [2.75, 3.05) is 13.2 Å². The van der Waals surface area contributed by atoms with Gasteiger partial charge < -0.3 is 9.16 Å². The summed E-state index contributed by atoms with van der Waals surface area (Å²) in [5.74, 6) is 0. The van der Waals surface area contributed by atoms with E-state index in [4.69, 9.17) is 9.16 Å². The van der Waals surface area contributed by atoms with Crippen LogP contribution in [-0.2, 0) is 9.16 Å². The molecule has 0 rings (SSSR count). The molecule has 0 amide bonds. The number of hydrogen-bond donors (Lipinski definition) is 0. The predicted molar refractivity (Wildman–Crippen MR) is 115 cm³/mol. The first kappa shape index (κ1) is 24.9. The minimum absolute atomic E-state index is 0.402. The average Bonchev–Trinajstić information content (AvgIpc) is 2.61. The number of ether oxygens (including phenoxy) is 1. The van der Waals surface area contributed by atoms with Gasteiger partial charge in [0.2, 0.25) is 0 Å². The quantitative estimate of drug-likeness (QED) is 0.138. The average molecular weight is 371 g/mol. The third-order valence-corrected chi connectivity index (χ3v) is 5.37. The van der Waals surface area contributed by atoms with Crippen LogP contribution in [0.15, 0.2) is 12.7 Å².